The number of amides is 1. The van der Waals surface area contributed by atoms with Gasteiger partial charge in [-0.3, -0.25) is 4.79 Å². The van der Waals surface area contributed by atoms with E-state index in [4.69, 9.17) is 4.74 Å². The van der Waals surface area contributed by atoms with E-state index in [0.717, 1.165) is 36.5 Å². The number of thioether (sulfide) groups is 1. The number of para-hydroxylation sites is 1. The Morgan fingerprint density at radius 1 is 1.40 bits per heavy atom. The number of nitrogens with one attached hydrogen (secondary N) is 2. The molecule has 0 saturated carbocycles. The number of carbonyl (C=O) groups excluding carboxylic acids is 1. The topological polar surface area (TPSA) is 50.4 Å². The summed E-state index contributed by atoms with van der Waals surface area (Å²) in [5.41, 5.74) is 0.881. The second-order valence-corrected chi connectivity index (χ2v) is 5.67. The van der Waals surface area contributed by atoms with Gasteiger partial charge in [0.1, 0.15) is 0 Å². The zero-order valence-electron chi connectivity index (χ0n) is 11.9. The number of carbonyl (C=O) groups is 1. The molecule has 0 unspecified atom stereocenters. The second-order valence-electron chi connectivity index (χ2n) is 4.82. The molecule has 1 heterocycles. The van der Waals surface area contributed by atoms with Crippen molar-refractivity contribution in [3.05, 3.63) is 24.3 Å². The van der Waals surface area contributed by atoms with Crippen molar-refractivity contribution in [3.63, 3.8) is 0 Å². The van der Waals surface area contributed by atoms with Crippen LogP contribution in [0.1, 0.15) is 19.3 Å². The number of ether oxygens (including phenoxy) is 1. The van der Waals surface area contributed by atoms with Gasteiger partial charge in [0, 0.05) is 4.90 Å². The Kier molecular flexibility index (Phi) is 6.36. The molecule has 5 heteroatoms. The number of hydrogen-bond donors (Lipinski definition) is 2. The molecule has 1 saturated heterocycles. The predicted molar refractivity (Wildman–Crippen MR) is 83.3 cm³/mol. The molecule has 1 aliphatic rings. The van der Waals surface area contributed by atoms with Gasteiger partial charge in [0.2, 0.25) is 5.91 Å². The first kappa shape index (κ1) is 15.4. The van der Waals surface area contributed by atoms with Gasteiger partial charge in [-0.05, 0) is 44.3 Å². The minimum absolute atomic E-state index is 0.0143. The Balaban J connectivity index is 1.72. The van der Waals surface area contributed by atoms with Gasteiger partial charge in [0.05, 0.1) is 24.8 Å². The summed E-state index contributed by atoms with van der Waals surface area (Å²) in [5.74, 6) is 0.0143. The smallest absolute Gasteiger partial charge is 0.226 e. The molecular weight excluding hydrogens is 272 g/mol. The molecule has 110 valence electrons. The highest BCUT2D eigenvalue weighted by Crippen LogP contribution is 2.24. The van der Waals surface area contributed by atoms with Crippen LogP contribution in [0.25, 0.3) is 0 Å². The highest BCUT2D eigenvalue weighted by Gasteiger charge is 2.13. The first-order valence-electron chi connectivity index (χ1n) is 7.05. The molecule has 1 amide bonds. The van der Waals surface area contributed by atoms with Crippen LogP contribution in [0, 0.1) is 0 Å². The fourth-order valence-corrected chi connectivity index (χ4v) is 2.79. The Morgan fingerprint density at radius 2 is 2.15 bits per heavy atom. The molecule has 1 fully saturated rings. The monoisotopic (exact) mass is 294 g/mol. The molecule has 0 spiro atoms. The Labute approximate surface area is 124 Å². The van der Waals surface area contributed by atoms with Crippen molar-refractivity contribution in [2.45, 2.75) is 30.3 Å². The first-order valence-corrected chi connectivity index (χ1v) is 8.27. The summed E-state index contributed by atoms with van der Waals surface area (Å²) in [6.07, 6.45) is 4.80. The summed E-state index contributed by atoms with van der Waals surface area (Å²) in [5, 5.41) is 6.24. The second kappa shape index (κ2) is 8.29. The van der Waals surface area contributed by atoms with Crippen molar-refractivity contribution < 1.29 is 9.53 Å². The van der Waals surface area contributed by atoms with Crippen LogP contribution in [0.3, 0.4) is 0 Å². The van der Waals surface area contributed by atoms with Crippen LogP contribution in [0.2, 0.25) is 0 Å². The Morgan fingerprint density at radius 3 is 2.90 bits per heavy atom. The number of rotatable bonds is 6. The van der Waals surface area contributed by atoms with E-state index in [1.807, 2.05) is 30.5 Å². The summed E-state index contributed by atoms with van der Waals surface area (Å²) >= 11 is 1.63. The third-order valence-electron chi connectivity index (χ3n) is 3.35. The largest absolute Gasteiger partial charge is 0.378 e. The molecule has 0 aliphatic carbocycles. The molecule has 2 N–H and O–H groups in total. The van der Waals surface area contributed by atoms with E-state index in [-0.39, 0.29) is 5.91 Å². The van der Waals surface area contributed by atoms with Crippen LogP contribution < -0.4 is 10.6 Å². The van der Waals surface area contributed by atoms with E-state index >= 15 is 0 Å². The standard InChI is InChI=1S/C15H22N2O2S/c1-20-14-5-3-2-4-13(14)17-15(18)8-11-19-12-6-9-16-10-7-12/h2-5,12,16H,6-11H2,1H3,(H,17,18). The third kappa shape index (κ3) is 4.81. The average Bonchev–Trinajstić information content (AvgIpc) is 2.49. The van der Waals surface area contributed by atoms with Gasteiger partial charge in [0.25, 0.3) is 0 Å². The summed E-state index contributed by atoms with van der Waals surface area (Å²) in [7, 11) is 0. The molecule has 20 heavy (non-hydrogen) atoms. The van der Waals surface area contributed by atoms with E-state index in [1.165, 1.54) is 0 Å². The van der Waals surface area contributed by atoms with Crippen molar-refractivity contribution in [2.24, 2.45) is 0 Å². The molecule has 0 radical (unpaired) electrons. The summed E-state index contributed by atoms with van der Waals surface area (Å²) < 4.78 is 5.74. The molecular formula is C15H22N2O2S. The van der Waals surface area contributed by atoms with Gasteiger partial charge in [-0.25, -0.2) is 0 Å². The SMILES string of the molecule is CSc1ccccc1NC(=O)CCOC1CCNCC1. The third-order valence-corrected chi connectivity index (χ3v) is 4.15. The van der Waals surface area contributed by atoms with E-state index in [1.54, 1.807) is 11.8 Å². The number of benzene rings is 1. The number of piperidine rings is 1. The molecule has 1 aromatic rings. The fraction of sp³-hybridized carbons (Fsp3) is 0.533. The molecule has 2 rings (SSSR count). The highest BCUT2D eigenvalue weighted by molar-refractivity contribution is 7.98. The number of anilines is 1. The molecule has 4 nitrogen and oxygen atoms in total. The summed E-state index contributed by atoms with van der Waals surface area (Å²) in [6.45, 7) is 2.52. The van der Waals surface area contributed by atoms with Crippen LogP contribution in [0.5, 0.6) is 0 Å². The lowest BCUT2D eigenvalue weighted by Gasteiger charge is -2.22. The Hall–Kier alpha value is -1.04. The maximum atomic E-state index is 11.9. The van der Waals surface area contributed by atoms with E-state index < -0.39 is 0 Å². The molecule has 1 aliphatic heterocycles. The van der Waals surface area contributed by atoms with Gasteiger partial charge in [0.15, 0.2) is 0 Å². The van der Waals surface area contributed by atoms with E-state index in [0.29, 0.717) is 19.1 Å². The minimum Gasteiger partial charge on any atom is -0.378 e. The maximum Gasteiger partial charge on any atom is 0.226 e. The Bertz CT molecular complexity index is 434. The van der Waals surface area contributed by atoms with Crippen LogP contribution in [0.4, 0.5) is 5.69 Å². The van der Waals surface area contributed by atoms with Crippen LogP contribution in [0.15, 0.2) is 29.2 Å². The van der Waals surface area contributed by atoms with Crippen molar-refractivity contribution in [1.82, 2.24) is 5.32 Å². The quantitative estimate of drug-likeness (QED) is 0.792. The molecule has 0 atom stereocenters. The average molecular weight is 294 g/mol. The van der Waals surface area contributed by atoms with Crippen LogP contribution in [-0.2, 0) is 9.53 Å². The highest BCUT2D eigenvalue weighted by atomic mass is 32.2. The van der Waals surface area contributed by atoms with Crippen molar-refractivity contribution in [2.75, 3.05) is 31.3 Å². The predicted octanol–water partition coefficient (Wildman–Crippen LogP) is 2.51. The lowest BCUT2D eigenvalue weighted by atomic mass is 10.1. The van der Waals surface area contributed by atoms with Crippen LogP contribution >= 0.6 is 11.8 Å². The normalized spacial score (nSPS) is 16.1. The van der Waals surface area contributed by atoms with Gasteiger partial charge in [-0.15, -0.1) is 11.8 Å². The van der Waals surface area contributed by atoms with Gasteiger partial charge >= 0.3 is 0 Å². The molecule has 1 aromatic carbocycles. The maximum absolute atomic E-state index is 11.9. The lowest BCUT2D eigenvalue weighted by molar-refractivity contribution is -0.117. The fourth-order valence-electron chi connectivity index (χ4n) is 2.24. The van der Waals surface area contributed by atoms with E-state index in [2.05, 4.69) is 10.6 Å². The van der Waals surface area contributed by atoms with Crippen LogP contribution in [-0.4, -0.2) is 38.0 Å². The number of hydrogen-bond acceptors (Lipinski definition) is 4. The van der Waals surface area contributed by atoms with Crippen molar-refractivity contribution in [3.8, 4) is 0 Å². The van der Waals surface area contributed by atoms with Gasteiger partial charge < -0.3 is 15.4 Å². The summed E-state index contributed by atoms with van der Waals surface area (Å²) in [4.78, 5) is 13.0. The minimum atomic E-state index is 0.0143. The van der Waals surface area contributed by atoms with Gasteiger partial charge in [-0.2, -0.15) is 0 Å². The van der Waals surface area contributed by atoms with Crippen molar-refractivity contribution >= 4 is 23.4 Å². The van der Waals surface area contributed by atoms with E-state index in [9.17, 15) is 4.79 Å². The zero-order valence-corrected chi connectivity index (χ0v) is 12.7. The summed E-state index contributed by atoms with van der Waals surface area (Å²) in [6, 6.07) is 7.84. The molecule has 0 bridgehead atoms. The van der Waals surface area contributed by atoms with Crippen molar-refractivity contribution in [1.29, 1.82) is 0 Å². The van der Waals surface area contributed by atoms with Gasteiger partial charge in [-0.1, -0.05) is 12.1 Å². The lowest BCUT2D eigenvalue weighted by Crippen LogP contribution is -2.33. The molecule has 0 aromatic heterocycles. The zero-order chi connectivity index (χ0) is 14.2. The first-order chi connectivity index (χ1) is 9.79.